The molecule has 0 radical (unpaired) electrons. The second-order valence-electron chi connectivity index (χ2n) is 9.41. The molecule has 2 unspecified atom stereocenters. The monoisotopic (exact) mass is 484 g/mol. The van der Waals surface area contributed by atoms with E-state index in [4.69, 9.17) is 14.7 Å². The zero-order valence-corrected chi connectivity index (χ0v) is 21.8. The van der Waals surface area contributed by atoms with E-state index in [1.807, 2.05) is 6.92 Å². The number of aliphatic imine (C=N–C) groups is 1. The number of nitrogens with zero attached hydrogens (tertiary/aromatic N) is 2. The van der Waals surface area contributed by atoms with Crippen LogP contribution in [0.15, 0.2) is 29.3 Å². The number of rotatable bonds is 21. The van der Waals surface area contributed by atoms with Gasteiger partial charge in [0.1, 0.15) is 5.75 Å². The van der Waals surface area contributed by atoms with Gasteiger partial charge < -0.3 is 9.47 Å². The summed E-state index contributed by atoms with van der Waals surface area (Å²) in [6.45, 7) is 4.15. The van der Waals surface area contributed by atoms with Crippen LogP contribution in [0.4, 0.5) is 0 Å². The predicted molar refractivity (Wildman–Crippen MR) is 139 cm³/mol. The van der Waals surface area contributed by atoms with Gasteiger partial charge in [0.25, 0.3) is 6.26 Å². The van der Waals surface area contributed by atoms with E-state index in [2.05, 4.69) is 11.9 Å². The van der Waals surface area contributed by atoms with E-state index >= 15 is 0 Å². The van der Waals surface area contributed by atoms with Gasteiger partial charge in [-0.15, -0.1) is 5.26 Å². The smallest absolute Gasteiger partial charge is 0.332 e. The Bertz CT molecular complexity index is 766. The highest BCUT2D eigenvalue weighted by Crippen LogP contribution is 2.17. The van der Waals surface area contributed by atoms with Crippen LogP contribution in [0.3, 0.4) is 0 Å². The number of isocyanates is 1. The van der Waals surface area contributed by atoms with Crippen molar-refractivity contribution in [2.45, 2.75) is 129 Å². The standard InChI is InChI=1S/C29H44N2O4/c1-3-4-5-6-7-8-9-10-11-12-13-14-15-16-17-25(2)35-29(33)28(31-24-32)22-26-18-20-27(21-19-26)34-23-30/h18-21,25,28H,3-17,22H2,1-2H3. The van der Waals surface area contributed by atoms with E-state index in [-0.39, 0.29) is 12.5 Å². The zero-order chi connectivity index (χ0) is 25.6. The van der Waals surface area contributed by atoms with Crippen molar-refractivity contribution in [3.63, 3.8) is 0 Å². The first-order chi connectivity index (χ1) is 17.1. The molecule has 6 nitrogen and oxygen atoms in total. The molecule has 0 saturated carbocycles. The molecule has 0 saturated heterocycles. The molecule has 1 rings (SSSR count). The number of carbonyl (C=O) groups excluding carboxylic acids is 2. The lowest BCUT2D eigenvalue weighted by Gasteiger charge is -2.16. The lowest BCUT2D eigenvalue weighted by molar-refractivity contribution is -0.150. The topological polar surface area (TPSA) is 88.8 Å². The highest BCUT2D eigenvalue weighted by Gasteiger charge is 2.22. The molecule has 0 aliphatic heterocycles. The summed E-state index contributed by atoms with van der Waals surface area (Å²) in [5.41, 5.74) is 0.788. The van der Waals surface area contributed by atoms with Crippen LogP contribution in [-0.2, 0) is 20.7 Å². The number of hydrogen-bond donors (Lipinski definition) is 0. The van der Waals surface area contributed by atoms with E-state index in [0.717, 1.165) is 24.8 Å². The summed E-state index contributed by atoms with van der Waals surface area (Å²) in [5, 5.41) is 8.55. The first-order valence-corrected chi connectivity index (χ1v) is 13.5. The Morgan fingerprint density at radius 2 is 1.40 bits per heavy atom. The van der Waals surface area contributed by atoms with Crippen molar-refractivity contribution < 1.29 is 19.1 Å². The van der Waals surface area contributed by atoms with Crippen LogP contribution in [0.1, 0.15) is 116 Å². The van der Waals surface area contributed by atoms with Crippen molar-refractivity contribution in [3.8, 4) is 12.0 Å². The molecule has 0 aliphatic rings. The quantitative estimate of drug-likeness (QED) is 0.0589. The summed E-state index contributed by atoms with van der Waals surface area (Å²) in [7, 11) is 0. The first kappa shape index (κ1) is 30.4. The Kier molecular flexibility index (Phi) is 18.0. The molecule has 0 amide bonds. The SMILES string of the molecule is CCCCCCCCCCCCCCCCC(C)OC(=O)C(Cc1ccc(OC#N)cc1)N=C=O. The Labute approximate surface area is 212 Å². The van der Waals surface area contributed by atoms with Crippen LogP contribution in [0.5, 0.6) is 5.75 Å². The van der Waals surface area contributed by atoms with Crippen LogP contribution < -0.4 is 4.74 Å². The van der Waals surface area contributed by atoms with Crippen molar-refractivity contribution >= 4 is 12.0 Å². The fraction of sp³-hybridized carbons (Fsp3) is 0.690. The molecule has 1 aromatic rings. The number of nitriles is 1. The van der Waals surface area contributed by atoms with Crippen molar-refractivity contribution in [2.24, 2.45) is 4.99 Å². The van der Waals surface area contributed by atoms with Gasteiger partial charge in [0.05, 0.1) is 6.10 Å². The summed E-state index contributed by atoms with van der Waals surface area (Å²) >= 11 is 0. The molecule has 194 valence electrons. The average molecular weight is 485 g/mol. The van der Waals surface area contributed by atoms with Gasteiger partial charge in [-0.2, -0.15) is 4.99 Å². The number of hydrogen-bond acceptors (Lipinski definition) is 6. The maximum atomic E-state index is 12.5. The van der Waals surface area contributed by atoms with Crippen LogP contribution in [0.2, 0.25) is 0 Å². The van der Waals surface area contributed by atoms with Crippen molar-refractivity contribution in [3.05, 3.63) is 29.8 Å². The van der Waals surface area contributed by atoms with Gasteiger partial charge in [-0.05, 0) is 37.5 Å². The van der Waals surface area contributed by atoms with E-state index in [1.165, 1.54) is 83.1 Å². The second kappa shape index (κ2) is 20.7. The molecular weight excluding hydrogens is 440 g/mol. The Balaban J connectivity index is 2.13. The summed E-state index contributed by atoms with van der Waals surface area (Å²) in [4.78, 5) is 26.9. The normalized spacial score (nSPS) is 12.3. The first-order valence-electron chi connectivity index (χ1n) is 13.5. The van der Waals surface area contributed by atoms with Gasteiger partial charge in [0.15, 0.2) is 6.04 Å². The summed E-state index contributed by atoms with van der Waals surface area (Å²) in [5.74, 6) is -0.0976. The molecule has 1 aromatic carbocycles. The molecule has 6 heteroatoms. The molecule has 0 N–H and O–H groups in total. The minimum atomic E-state index is -0.922. The van der Waals surface area contributed by atoms with Gasteiger partial charge in [-0.3, -0.25) is 0 Å². The molecule has 0 heterocycles. The van der Waals surface area contributed by atoms with Crippen LogP contribution in [-0.4, -0.2) is 24.2 Å². The Hall–Kier alpha value is -2.64. The minimum absolute atomic E-state index is 0.212. The van der Waals surface area contributed by atoms with E-state index < -0.39 is 12.0 Å². The Morgan fingerprint density at radius 3 is 1.89 bits per heavy atom. The zero-order valence-electron chi connectivity index (χ0n) is 21.8. The number of esters is 1. The number of carbonyl (C=O) groups is 1. The second-order valence-corrected chi connectivity index (χ2v) is 9.41. The third-order valence-corrected chi connectivity index (χ3v) is 6.28. The summed E-state index contributed by atoms with van der Waals surface area (Å²) < 4.78 is 10.3. The molecule has 2 atom stereocenters. The highest BCUT2D eigenvalue weighted by atomic mass is 16.5. The minimum Gasteiger partial charge on any atom is -0.461 e. The Morgan fingerprint density at radius 1 is 0.886 bits per heavy atom. The van der Waals surface area contributed by atoms with Crippen LogP contribution >= 0.6 is 0 Å². The van der Waals surface area contributed by atoms with E-state index in [0.29, 0.717) is 5.75 Å². The highest BCUT2D eigenvalue weighted by molar-refractivity contribution is 5.77. The van der Waals surface area contributed by atoms with Crippen molar-refractivity contribution in [1.29, 1.82) is 5.26 Å². The van der Waals surface area contributed by atoms with Crippen LogP contribution in [0.25, 0.3) is 0 Å². The van der Waals surface area contributed by atoms with E-state index in [1.54, 1.807) is 30.5 Å². The van der Waals surface area contributed by atoms with Gasteiger partial charge in [-0.1, -0.05) is 103 Å². The summed E-state index contributed by atoms with van der Waals surface area (Å²) in [6, 6.07) is 5.79. The van der Waals surface area contributed by atoms with E-state index in [9.17, 15) is 9.59 Å². The van der Waals surface area contributed by atoms with Crippen molar-refractivity contribution in [2.75, 3.05) is 0 Å². The fourth-order valence-corrected chi connectivity index (χ4v) is 4.18. The fourth-order valence-electron chi connectivity index (χ4n) is 4.18. The lowest BCUT2D eigenvalue weighted by atomic mass is 10.0. The largest absolute Gasteiger partial charge is 0.461 e. The molecular formula is C29H44N2O4. The number of ether oxygens (including phenoxy) is 2. The van der Waals surface area contributed by atoms with Gasteiger partial charge in [0, 0.05) is 6.42 Å². The molecule has 0 spiro atoms. The van der Waals surface area contributed by atoms with Gasteiger partial charge >= 0.3 is 5.97 Å². The molecule has 0 fully saturated rings. The molecule has 0 aromatic heterocycles. The maximum Gasteiger partial charge on any atom is 0.332 e. The lowest BCUT2D eigenvalue weighted by Crippen LogP contribution is -2.27. The number of benzene rings is 1. The third-order valence-electron chi connectivity index (χ3n) is 6.28. The predicted octanol–water partition coefficient (Wildman–Crippen LogP) is 7.60. The van der Waals surface area contributed by atoms with Crippen LogP contribution in [0, 0.1) is 11.5 Å². The molecule has 0 bridgehead atoms. The van der Waals surface area contributed by atoms with Crippen molar-refractivity contribution in [1.82, 2.24) is 0 Å². The number of unbranched alkanes of at least 4 members (excludes halogenated alkanes) is 13. The van der Waals surface area contributed by atoms with Gasteiger partial charge in [-0.25, -0.2) is 9.59 Å². The van der Waals surface area contributed by atoms with Gasteiger partial charge in [0.2, 0.25) is 6.08 Å². The maximum absolute atomic E-state index is 12.5. The molecule has 0 aliphatic carbocycles. The average Bonchev–Trinajstić information content (AvgIpc) is 2.85. The molecule has 35 heavy (non-hydrogen) atoms. The third kappa shape index (κ3) is 15.8. The summed E-state index contributed by atoms with van der Waals surface area (Å²) in [6.07, 6.45) is 22.3.